The average Bonchev–Trinajstić information content (AvgIpc) is 2.87. The first-order valence-electron chi connectivity index (χ1n) is 6.04. The van der Waals surface area contributed by atoms with Gasteiger partial charge in [-0.25, -0.2) is 0 Å². The van der Waals surface area contributed by atoms with Crippen LogP contribution in [0.4, 0.5) is 0 Å². The number of thioether (sulfide) groups is 1. The van der Waals surface area contributed by atoms with Gasteiger partial charge in [0, 0.05) is 19.3 Å². The molecule has 1 aromatic rings. The van der Waals surface area contributed by atoms with E-state index < -0.39 is 0 Å². The van der Waals surface area contributed by atoms with E-state index in [1.54, 1.807) is 24.3 Å². The minimum atomic E-state index is -0.219. The number of imide groups is 1. The summed E-state index contributed by atoms with van der Waals surface area (Å²) in [6.07, 6.45) is 1.88. The fourth-order valence-electron chi connectivity index (χ4n) is 2.24. The Bertz CT molecular complexity index is 582. The van der Waals surface area contributed by atoms with E-state index in [4.69, 9.17) is 0 Å². The number of thiol groups is 2. The van der Waals surface area contributed by atoms with Crippen LogP contribution in [0.15, 0.2) is 34.7 Å². The molecule has 20 heavy (non-hydrogen) atoms. The van der Waals surface area contributed by atoms with E-state index in [1.807, 2.05) is 11.1 Å². The third-order valence-corrected chi connectivity index (χ3v) is 5.12. The quantitative estimate of drug-likeness (QED) is 0.661. The van der Waals surface area contributed by atoms with E-state index in [2.05, 4.69) is 25.3 Å². The van der Waals surface area contributed by atoms with Gasteiger partial charge >= 0.3 is 0 Å². The smallest absolute Gasteiger partial charge is 0.261 e. The Labute approximate surface area is 132 Å². The Kier molecular flexibility index (Phi) is 3.74. The lowest BCUT2D eigenvalue weighted by molar-refractivity contribution is 0.0646. The van der Waals surface area contributed by atoms with E-state index in [9.17, 15) is 9.59 Å². The maximum atomic E-state index is 12.2. The van der Waals surface area contributed by atoms with Gasteiger partial charge in [-0.1, -0.05) is 23.9 Å². The minimum absolute atomic E-state index is 0.0160. The number of carbonyl (C=O) groups excluding carboxylic acids is 2. The van der Waals surface area contributed by atoms with Gasteiger partial charge in [0.25, 0.3) is 11.8 Å². The van der Waals surface area contributed by atoms with Crippen molar-refractivity contribution in [2.75, 3.05) is 13.1 Å². The molecular formula is C13H12N2O2S3. The topological polar surface area (TPSA) is 40.6 Å². The first-order chi connectivity index (χ1) is 9.58. The lowest BCUT2D eigenvalue weighted by atomic mass is 10.1. The van der Waals surface area contributed by atoms with Crippen molar-refractivity contribution in [2.24, 2.45) is 0 Å². The highest BCUT2D eigenvalue weighted by Gasteiger charge is 2.35. The van der Waals surface area contributed by atoms with Gasteiger partial charge in [-0.15, -0.1) is 25.3 Å². The van der Waals surface area contributed by atoms with Crippen LogP contribution in [0.3, 0.4) is 0 Å². The molecule has 2 amide bonds. The van der Waals surface area contributed by atoms with Crippen LogP contribution < -0.4 is 0 Å². The van der Waals surface area contributed by atoms with Crippen LogP contribution in [0.25, 0.3) is 0 Å². The van der Waals surface area contributed by atoms with Crippen LogP contribution in [0, 0.1) is 0 Å². The van der Waals surface area contributed by atoms with Crippen molar-refractivity contribution in [3.8, 4) is 0 Å². The van der Waals surface area contributed by atoms with Gasteiger partial charge in [0.2, 0.25) is 0 Å². The Balaban J connectivity index is 1.71. The van der Waals surface area contributed by atoms with Crippen molar-refractivity contribution in [1.29, 1.82) is 0 Å². The molecule has 3 rings (SSSR count). The van der Waals surface area contributed by atoms with Gasteiger partial charge in [-0.05, 0) is 12.1 Å². The molecule has 1 aromatic carbocycles. The molecule has 7 heteroatoms. The second-order valence-corrected chi connectivity index (χ2v) is 7.20. The molecule has 0 spiro atoms. The van der Waals surface area contributed by atoms with Gasteiger partial charge in [0.15, 0.2) is 0 Å². The summed E-state index contributed by atoms with van der Waals surface area (Å²) in [5.41, 5.74) is 0.974. The predicted octanol–water partition coefficient (Wildman–Crippen LogP) is 2.27. The molecule has 0 radical (unpaired) electrons. The lowest BCUT2D eigenvalue weighted by Gasteiger charge is -2.23. The third-order valence-electron chi connectivity index (χ3n) is 3.25. The standard InChI is InChI=1S/C13H12N2O2S3/c16-11-8-3-1-2-4-9(8)12(17)15(11)6-5-14-7-10(18)20-13(14)19/h1-4,7,13,18-19H,5-6H2. The highest BCUT2D eigenvalue weighted by molar-refractivity contribution is 8.21. The second kappa shape index (κ2) is 5.38. The van der Waals surface area contributed by atoms with Crippen molar-refractivity contribution < 1.29 is 9.59 Å². The molecule has 0 aromatic heterocycles. The summed E-state index contributed by atoms with van der Waals surface area (Å²) < 4.78 is 0.866. The number of amides is 2. The maximum Gasteiger partial charge on any atom is 0.261 e. The Morgan fingerprint density at radius 2 is 1.70 bits per heavy atom. The molecule has 104 valence electrons. The number of rotatable bonds is 3. The Hall–Kier alpha value is -1.05. The fraction of sp³-hybridized carbons (Fsp3) is 0.231. The first kappa shape index (κ1) is 13.9. The van der Waals surface area contributed by atoms with E-state index in [-0.39, 0.29) is 16.5 Å². The zero-order valence-corrected chi connectivity index (χ0v) is 13.0. The second-order valence-electron chi connectivity index (χ2n) is 4.46. The molecule has 2 aliphatic heterocycles. The Morgan fingerprint density at radius 1 is 1.10 bits per heavy atom. The SMILES string of the molecule is O=C1c2ccccc2C(=O)N1CCN1C=C(S)SC1S. The van der Waals surface area contributed by atoms with Gasteiger partial charge in [0.1, 0.15) is 4.71 Å². The molecule has 2 heterocycles. The summed E-state index contributed by atoms with van der Waals surface area (Å²) >= 11 is 10.2. The molecule has 0 bridgehead atoms. The lowest BCUT2D eigenvalue weighted by Crippen LogP contribution is -2.37. The summed E-state index contributed by atoms with van der Waals surface area (Å²) in [5.74, 6) is -0.438. The summed E-state index contributed by atoms with van der Waals surface area (Å²) in [4.78, 5) is 27.6. The molecule has 1 unspecified atom stereocenters. The Morgan fingerprint density at radius 3 is 2.20 bits per heavy atom. The van der Waals surface area contributed by atoms with E-state index in [0.717, 1.165) is 4.24 Å². The summed E-state index contributed by atoms with van der Waals surface area (Å²) in [6, 6.07) is 6.91. The number of fused-ring (bicyclic) bond motifs is 1. The van der Waals surface area contributed by atoms with Crippen LogP contribution >= 0.6 is 37.0 Å². The molecule has 0 N–H and O–H groups in total. The minimum Gasteiger partial charge on any atom is -0.354 e. The number of benzene rings is 1. The van der Waals surface area contributed by atoms with Crippen molar-refractivity contribution in [3.63, 3.8) is 0 Å². The van der Waals surface area contributed by atoms with E-state index in [0.29, 0.717) is 24.2 Å². The first-order valence-corrected chi connectivity index (χ1v) is 7.89. The molecular weight excluding hydrogens is 312 g/mol. The maximum absolute atomic E-state index is 12.2. The van der Waals surface area contributed by atoms with Crippen LogP contribution in [-0.2, 0) is 0 Å². The van der Waals surface area contributed by atoms with Crippen LogP contribution in [0.1, 0.15) is 20.7 Å². The fourth-order valence-corrected chi connectivity index (χ4v) is 4.18. The normalized spacial score (nSPS) is 21.5. The third kappa shape index (κ3) is 2.34. The van der Waals surface area contributed by atoms with Gasteiger partial charge < -0.3 is 4.90 Å². The molecule has 4 nitrogen and oxygen atoms in total. The summed E-state index contributed by atoms with van der Waals surface area (Å²) in [6.45, 7) is 0.901. The summed E-state index contributed by atoms with van der Waals surface area (Å²) in [5, 5.41) is 0. The number of hydrogen-bond donors (Lipinski definition) is 2. The molecule has 0 saturated heterocycles. The van der Waals surface area contributed by atoms with Crippen LogP contribution in [-0.4, -0.2) is 39.4 Å². The molecule has 0 saturated carbocycles. The average molecular weight is 324 g/mol. The summed E-state index contributed by atoms with van der Waals surface area (Å²) in [7, 11) is 0. The van der Waals surface area contributed by atoms with Crippen LogP contribution in [0.5, 0.6) is 0 Å². The van der Waals surface area contributed by atoms with Crippen molar-refractivity contribution in [1.82, 2.24) is 9.80 Å². The molecule has 0 fully saturated rings. The van der Waals surface area contributed by atoms with Gasteiger partial charge in [0.05, 0.1) is 15.4 Å². The van der Waals surface area contributed by atoms with Crippen LogP contribution in [0.2, 0.25) is 0 Å². The zero-order valence-electron chi connectivity index (χ0n) is 10.4. The van der Waals surface area contributed by atoms with E-state index in [1.165, 1.54) is 16.7 Å². The monoisotopic (exact) mass is 324 g/mol. The zero-order chi connectivity index (χ0) is 14.3. The number of hydrogen-bond acceptors (Lipinski definition) is 6. The molecule has 1 atom stereocenters. The van der Waals surface area contributed by atoms with E-state index >= 15 is 0 Å². The highest BCUT2D eigenvalue weighted by atomic mass is 32.2. The molecule has 0 aliphatic carbocycles. The predicted molar refractivity (Wildman–Crippen MR) is 85.9 cm³/mol. The van der Waals surface area contributed by atoms with Gasteiger partial charge in [-0.2, -0.15) is 0 Å². The highest BCUT2D eigenvalue weighted by Crippen LogP contribution is 2.36. The van der Waals surface area contributed by atoms with Crippen molar-refractivity contribution in [2.45, 2.75) is 4.71 Å². The number of nitrogens with zero attached hydrogens (tertiary/aromatic N) is 2. The van der Waals surface area contributed by atoms with Crippen molar-refractivity contribution >= 4 is 48.8 Å². The number of carbonyl (C=O) groups is 2. The largest absolute Gasteiger partial charge is 0.354 e. The van der Waals surface area contributed by atoms with Crippen molar-refractivity contribution in [3.05, 3.63) is 45.8 Å². The molecule has 2 aliphatic rings. The van der Waals surface area contributed by atoms with Gasteiger partial charge in [-0.3, -0.25) is 14.5 Å².